The predicted molar refractivity (Wildman–Crippen MR) is 60.5 cm³/mol. The average Bonchev–Trinajstić information content (AvgIpc) is 2.10. The summed E-state index contributed by atoms with van der Waals surface area (Å²) in [4.78, 5) is 0. The zero-order valence-electron chi connectivity index (χ0n) is 9.30. The third kappa shape index (κ3) is 7.20. The van der Waals surface area contributed by atoms with E-state index in [1.54, 1.807) is 0 Å². The van der Waals surface area contributed by atoms with Gasteiger partial charge in [0.1, 0.15) is 0 Å². The van der Waals surface area contributed by atoms with Gasteiger partial charge in [-0.1, -0.05) is 27.7 Å². The third-order valence-corrected chi connectivity index (χ3v) is 4.02. The van der Waals surface area contributed by atoms with E-state index in [9.17, 15) is 4.21 Å². The summed E-state index contributed by atoms with van der Waals surface area (Å²) in [6, 6.07) is 0.539. The Hall–Kier alpha value is 0.110. The van der Waals surface area contributed by atoms with E-state index in [1.807, 2.05) is 0 Å². The van der Waals surface area contributed by atoms with Crippen LogP contribution in [0.1, 0.15) is 40.5 Å². The maximum absolute atomic E-state index is 11.5. The molecular formula is C10H23NOS. The van der Waals surface area contributed by atoms with Gasteiger partial charge >= 0.3 is 0 Å². The standard InChI is InChI=1S/C10H23NOS/c1-5-10(4)13(12)8-6-7-11-9(2)3/h9-11H,5-8H2,1-4H3. The molecule has 0 aromatic carbocycles. The van der Waals surface area contributed by atoms with Crippen molar-refractivity contribution in [3.63, 3.8) is 0 Å². The molecule has 2 atom stereocenters. The molecule has 0 heterocycles. The highest BCUT2D eigenvalue weighted by Crippen LogP contribution is 2.01. The fourth-order valence-electron chi connectivity index (χ4n) is 0.992. The molecule has 0 aliphatic carbocycles. The Morgan fingerprint density at radius 3 is 2.38 bits per heavy atom. The summed E-state index contributed by atoms with van der Waals surface area (Å²) in [5.41, 5.74) is 0. The van der Waals surface area contributed by atoms with E-state index in [1.165, 1.54) is 0 Å². The molecule has 0 aliphatic rings. The minimum atomic E-state index is -0.620. The van der Waals surface area contributed by atoms with Gasteiger partial charge in [-0.3, -0.25) is 4.21 Å². The summed E-state index contributed by atoms with van der Waals surface area (Å²) in [5, 5.41) is 3.68. The van der Waals surface area contributed by atoms with Crippen LogP contribution < -0.4 is 5.32 Å². The second-order valence-corrected chi connectivity index (χ2v) is 5.74. The molecule has 0 saturated heterocycles. The Labute approximate surface area is 84.9 Å². The molecule has 0 rings (SSSR count). The molecule has 0 saturated carbocycles. The predicted octanol–water partition coefficient (Wildman–Crippen LogP) is 1.92. The van der Waals surface area contributed by atoms with E-state index < -0.39 is 10.8 Å². The number of rotatable bonds is 7. The second-order valence-electron chi connectivity index (χ2n) is 3.77. The van der Waals surface area contributed by atoms with Gasteiger partial charge in [-0.2, -0.15) is 0 Å². The van der Waals surface area contributed by atoms with Gasteiger partial charge in [0.05, 0.1) is 0 Å². The zero-order valence-corrected chi connectivity index (χ0v) is 10.1. The average molecular weight is 205 g/mol. The van der Waals surface area contributed by atoms with Crippen molar-refractivity contribution >= 4 is 10.8 Å². The van der Waals surface area contributed by atoms with Crippen molar-refractivity contribution in [2.24, 2.45) is 0 Å². The van der Waals surface area contributed by atoms with Gasteiger partial charge in [0.25, 0.3) is 0 Å². The molecule has 13 heavy (non-hydrogen) atoms. The van der Waals surface area contributed by atoms with E-state index in [-0.39, 0.29) is 0 Å². The Morgan fingerprint density at radius 1 is 1.31 bits per heavy atom. The maximum Gasteiger partial charge on any atom is 0.0317 e. The van der Waals surface area contributed by atoms with Crippen LogP contribution in [0.3, 0.4) is 0 Å². The molecule has 0 aliphatic heterocycles. The van der Waals surface area contributed by atoms with Crippen LogP contribution in [0, 0.1) is 0 Å². The Morgan fingerprint density at radius 2 is 1.92 bits per heavy atom. The van der Waals surface area contributed by atoms with Gasteiger partial charge in [0, 0.05) is 27.8 Å². The lowest BCUT2D eigenvalue weighted by Gasteiger charge is -2.10. The van der Waals surface area contributed by atoms with E-state index >= 15 is 0 Å². The van der Waals surface area contributed by atoms with E-state index in [4.69, 9.17) is 0 Å². The molecule has 0 aromatic heterocycles. The van der Waals surface area contributed by atoms with Crippen LogP contribution in [0.25, 0.3) is 0 Å². The van der Waals surface area contributed by atoms with Crippen molar-refractivity contribution in [1.29, 1.82) is 0 Å². The molecule has 0 bridgehead atoms. The zero-order chi connectivity index (χ0) is 10.3. The minimum Gasteiger partial charge on any atom is -0.315 e. The quantitative estimate of drug-likeness (QED) is 0.643. The lowest BCUT2D eigenvalue weighted by molar-refractivity contribution is 0.582. The van der Waals surface area contributed by atoms with E-state index in [0.717, 1.165) is 25.1 Å². The molecule has 2 unspecified atom stereocenters. The first-order valence-electron chi connectivity index (χ1n) is 5.18. The number of hydrogen-bond acceptors (Lipinski definition) is 2. The Balaban J connectivity index is 3.37. The number of nitrogens with one attached hydrogen (secondary N) is 1. The SMILES string of the molecule is CCC(C)S(=O)CCCNC(C)C. The van der Waals surface area contributed by atoms with Crippen LogP contribution in [-0.4, -0.2) is 27.8 Å². The van der Waals surface area contributed by atoms with Gasteiger partial charge in [0.2, 0.25) is 0 Å². The molecule has 0 aromatic rings. The largest absolute Gasteiger partial charge is 0.315 e. The van der Waals surface area contributed by atoms with Crippen molar-refractivity contribution in [2.75, 3.05) is 12.3 Å². The molecule has 80 valence electrons. The smallest absolute Gasteiger partial charge is 0.0317 e. The van der Waals surface area contributed by atoms with Crippen molar-refractivity contribution in [1.82, 2.24) is 5.32 Å². The second kappa shape index (κ2) is 7.51. The topological polar surface area (TPSA) is 29.1 Å². The summed E-state index contributed by atoms with van der Waals surface area (Å²) in [6.45, 7) is 9.40. The van der Waals surface area contributed by atoms with Gasteiger partial charge < -0.3 is 5.32 Å². The lowest BCUT2D eigenvalue weighted by atomic mass is 10.4. The molecule has 0 fully saturated rings. The third-order valence-electron chi connectivity index (χ3n) is 2.10. The molecule has 3 heteroatoms. The molecule has 0 spiro atoms. The van der Waals surface area contributed by atoms with Gasteiger partial charge in [-0.25, -0.2) is 0 Å². The first kappa shape index (κ1) is 13.1. The molecule has 0 amide bonds. The Bertz CT molecular complexity index is 148. The van der Waals surface area contributed by atoms with Gasteiger partial charge in [0.15, 0.2) is 0 Å². The highest BCUT2D eigenvalue weighted by atomic mass is 32.2. The molecule has 2 nitrogen and oxygen atoms in total. The first-order chi connectivity index (χ1) is 6.07. The molecule has 1 N–H and O–H groups in total. The summed E-state index contributed by atoms with van der Waals surface area (Å²) in [5.74, 6) is 0.842. The minimum absolute atomic E-state index is 0.360. The summed E-state index contributed by atoms with van der Waals surface area (Å²) in [7, 11) is -0.620. The van der Waals surface area contributed by atoms with Crippen LogP contribution in [0.5, 0.6) is 0 Å². The van der Waals surface area contributed by atoms with Gasteiger partial charge in [-0.15, -0.1) is 0 Å². The van der Waals surface area contributed by atoms with Crippen molar-refractivity contribution < 1.29 is 4.21 Å². The summed E-state index contributed by atoms with van der Waals surface area (Å²) < 4.78 is 11.5. The first-order valence-corrected chi connectivity index (χ1v) is 6.56. The van der Waals surface area contributed by atoms with Crippen molar-refractivity contribution in [2.45, 2.75) is 51.8 Å². The monoisotopic (exact) mass is 205 g/mol. The van der Waals surface area contributed by atoms with Crippen molar-refractivity contribution in [3.8, 4) is 0 Å². The molecule has 0 radical (unpaired) electrons. The normalized spacial score (nSPS) is 16.1. The lowest BCUT2D eigenvalue weighted by Crippen LogP contribution is -2.25. The number of hydrogen-bond donors (Lipinski definition) is 1. The fraction of sp³-hybridized carbons (Fsp3) is 1.00. The molecular weight excluding hydrogens is 182 g/mol. The van der Waals surface area contributed by atoms with Crippen LogP contribution in [-0.2, 0) is 10.8 Å². The fourth-order valence-corrected chi connectivity index (χ4v) is 2.20. The van der Waals surface area contributed by atoms with Crippen LogP contribution in [0.15, 0.2) is 0 Å². The highest BCUT2D eigenvalue weighted by Gasteiger charge is 2.07. The van der Waals surface area contributed by atoms with Crippen LogP contribution in [0.4, 0.5) is 0 Å². The highest BCUT2D eigenvalue weighted by molar-refractivity contribution is 7.85. The van der Waals surface area contributed by atoms with Crippen LogP contribution in [0.2, 0.25) is 0 Å². The summed E-state index contributed by atoms with van der Waals surface area (Å²) in [6.07, 6.45) is 2.04. The van der Waals surface area contributed by atoms with Gasteiger partial charge in [-0.05, 0) is 19.4 Å². The Kier molecular flexibility index (Phi) is 7.57. The van der Waals surface area contributed by atoms with Crippen molar-refractivity contribution in [3.05, 3.63) is 0 Å². The van der Waals surface area contributed by atoms with E-state index in [2.05, 4.69) is 33.0 Å². The maximum atomic E-state index is 11.5. The van der Waals surface area contributed by atoms with Crippen LogP contribution >= 0.6 is 0 Å². The van der Waals surface area contributed by atoms with E-state index in [0.29, 0.717) is 11.3 Å². The summed E-state index contributed by atoms with van der Waals surface area (Å²) >= 11 is 0.